The third kappa shape index (κ3) is 14.8. The van der Waals surface area contributed by atoms with Crippen molar-refractivity contribution in [1.29, 1.82) is 0 Å². The Labute approximate surface area is 487 Å². The number of fused-ring (bicyclic) bond motifs is 1. The molecule has 0 saturated carbocycles. The normalized spacial score (nSPS) is 17.8. The molecule has 22 nitrogen and oxygen atoms in total. The molecule has 4 atom stereocenters. The van der Waals surface area contributed by atoms with Crippen LogP contribution in [0.15, 0.2) is 106 Å². The highest BCUT2D eigenvalue weighted by Crippen LogP contribution is 2.38. The van der Waals surface area contributed by atoms with Crippen LogP contribution in [0.2, 0.25) is 0 Å². The van der Waals surface area contributed by atoms with Crippen LogP contribution in [0.1, 0.15) is 84.8 Å². The zero-order valence-electron chi connectivity index (χ0n) is 48.0. The fraction of sp³-hybridized carbons (Fsp3) is 0.424. The Kier molecular flexibility index (Phi) is 19.7. The molecule has 2 fully saturated rings. The van der Waals surface area contributed by atoms with Gasteiger partial charge in [-0.05, 0) is 81.6 Å². The molecule has 1 unspecified atom stereocenters. The summed E-state index contributed by atoms with van der Waals surface area (Å²) in [4.78, 5) is 95.6. The number of ether oxygens (including phenoxy) is 7. The highest BCUT2D eigenvalue weighted by Gasteiger charge is 2.58. The Morgan fingerprint density at radius 2 is 1.52 bits per heavy atom. The maximum atomic E-state index is 14.6. The van der Waals surface area contributed by atoms with Crippen LogP contribution in [0, 0.1) is 6.92 Å². The predicted molar refractivity (Wildman–Crippen MR) is 308 cm³/mol. The summed E-state index contributed by atoms with van der Waals surface area (Å²) in [5.74, 6) is -1.44. The van der Waals surface area contributed by atoms with Gasteiger partial charge in [0, 0.05) is 41.5 Å². The SMILES string of the molecule is CC[C@H](O/N=C(\C(=O)N[C@@H]1C(=O)N2C(C(=O)OCc3ccc(OC)cc3)=C(C[N+]3(CCNC(=O)c4cc(=O)c(OCc5ccc(OC)cc5)cn4Cc4ccc(OC)cc4OC)CCCC3)CS(=O)[C@H]12)c1csc(C)n1)C(=O)OC(C)(C)C. The van der Waals surface area contributed by atoms with E-state index in [2.05, 4.69) is 20.8 Å². The molecule has 8 rings (SSSR count). The van der Waals surface area contributed by atoms with E-state index in [1.165, 1.54) is 37.8 Å². The largest absolute Gasteiger partial charge is 0.497 e. The van der Waals surface area contributed by atoms with Gasteiger partial charge in [0.15, 0.2) is 11.5 Å². The number of rotatable bonds is 25. The summed E-state index contributed by atoms with van der Waals surface area (Å²) >= 11 is 1.24. The van der Waals surface area contributed by atoms with E-state index in [0.29, 0.717) is 68.8 Å². The third-order valence-corrected chi connectivity index (χ3v) is 16.7. The number of thiazole rings is 1. The van der Waals surface area contributed by atoms with E-state index in [-0.39, 0.29) is 73.6 Å². The number of amides is 3. The smallest absolute Gasteiger partial charge is 0.355 e. The lowest BCUT2D eigenvalue weighted by Crippen LogP contribution is -2.74. The number of nitrogens with one attached hydrogen (secondary N) is 2. The molecule has 2 saturated heterocycles. The van der Waals surface area contributed by atoms with Crippen LogP contribution < -0.4 is 39.7 Å². The lowest BCUT2D eigenvalue weighted by molar-refractivity contribution is -0.911. The summed E-state index contributed by atoms with van der Waals surface area (Å²) in [6.45, 7) is 10.5. The third-order valence-electron chi connectivity index (χ3n) is 14.2. The average molecular weight is 1180 g/mol. The van der Waals surface area contributed by atoms with Crippen molar-refractivity contribution in [2.45, 2.75) is 96.8 Å². The lowest BCUT2D eigenvalue weighted by atomic mass is 10.0. The molecular formula is C59H70N7O15S2+. The Balaban J connectivity index is 1.04. The summed E-state index contributed by atoms with van der Waals surface area (Å²) in [7, 11) is 4.31. The van der Waals surface area contributed by atoms with Gasteiger partial charge in [0.25, 0.3) is 17.7 Å². The van der Waals surface area contributed by atoms with Crippen molar-refractivity contribution in [3.05, 3.63) is 139 Å². The first-order chi connectivity index (χ1) is 39.8. The number of methoxy groups -OCH3 is 4. The number of hydrogen-bond donors (Lipinski definition) is 2. The molecule has 3 aliphatic heterocycles. The van der Waals surface area contributed by atoms with Gasteiger partial charge in [-0.3, -0.25) is 28.3 Å². The molecule has 0 aliphatic carbocycles. The van der Waals surface area contributed by atoms with Gasteiger partial charge in [-0.15, -0.1) is 11.3 Å². The second-order valence-corrected chi connectivity index (χ2v) is 23.7. The van der Waals surface area contributed by atoms with Gasteiger partial charge >= 0.3 is 11.9 Å². The minimum absolute atomic E-state index is 0.0238. The number of quaternary nitrogens is 1. The van der Waals surface area contributed by atoms with E-state index < -0.39 is 69.0 Å². The monoisotopic (exact) mass is 1180 g/mol. The van der Waals surface area contributed by atoms with Crippen LogP contribution >= 0.6 is 11.3 Å². The van der Waals surface area contributed by atoms with Crippen molar-refractivity contribution in [2.75, 3.05) is 66.9 Å². The molecule has 5 heterocycles. The molecule has 2 aromatic heterocycles. The van der Waals surface area contributed by atoms with Gasteiger partial charge in [-0.1, -0.05) is 36.3 Å². The van der Waals surface area contributed by atoms with E-state index in [4.69, 9.17) is 38.0 Å². The number of pyridine rings is 1. The van der Waals surface area contributed by atoms with Crippen molar-refractivity contribution in [1.82, 2.24) is 25.1 Å². The molecule has 0 radical (unpaired) electrons. The molecule has 24 heteroatoms. The summed E-state index contributed by atoms with van der Waals surface area (Å²) in [6.07, 6.45) is 2.11. The highest BCUT2D eigenvalue weighted by atomic mass is 32.2. The number of nitrogens with zero attached hydrogens (tertiary/aromatic N) is 5. The zero-order chi connectivity index (χ0) is 59.6. The topological polar surface area (TPSA) is 251 Å². The Morgan fingerprint density at radius 1 is 0.867 bits per heavy atom. The number of carbonyl (C=O) groups is 5. The van der Waals surface area contributed by atoms with Gasteiger partial charge < -0.3 is 57.7 Å². The van der Waals surface area contributed by atoms with E-state index >= 15 is 0 Å². The van der Waals surface area contributed by atoms with Gasteiger partial charge in [-0.2, -0.15) is 0 Å². The predicted octanol–water partition coefficient (Wildman–Crippen LogP) is 5.57. The molecule has 2 N–H and O–H groups in total. The summed E-state index contributed by atoms with van der Waals surface area (Å²) in [5.41, 5.74) is 0.983. The van der Waals surface area contributed by atoms with Crippen molar-refractivity contribution in [2.24, 2.45) is 5.16 Å². The quantitative estimate of drug-likeness (QED) is 0.0238. The number of aromatic nitrogens is 2. The molecule has 3 amide bonds. The van der Waals surface area contributed by atoms with Gasteiger partial charge in [-0.25, -0.2) is 14.6 Å². The highest BCUT2D eigenvalue weighted by molar-refractivity contribution is 7.86. The molecule has 3 aromatic carbocycles. The second-order valence-electron chi connectivity index (χ2n) is 21.1. The number of likely N-dealkylation sites (tertiary alicyclic amines) is 1. The van der Waals surface area contributed by atoms with Gasteiger partial charge in [0.2, 0.25) is 11.5 Å². The number of carbonyl (C=O) groups excluding carboxylic acids is 5. The number of aryl methyl sites for hydroxylation is 1. The van der Waals surface area contributed by atoms with Crippen molar-refractivity contribution < 1.29 is 70.7 Å². The molecule has 83 heavy (non-hydrogen) atoms. The number of oxime groups is 1. The lowest BCUT2D eigenvalue weighted by Gasteiger charge is -2.50. The molecular weight excluding hydrogens is 1110 g/mol. The number of esters is 2. The molecule has 5 aromatic rings. The molecule has 442 valence electrons. The van der Waals surface area contributed by atoms with Crippen LogP contribution in [0.4, 0.5) is 0 Å². The number of β-lactam (4-membered cyclic amide) rings is 1. The first-order valence-corrected chi connectivity index (χ1v) is 29.3. The minimum atomic E-state index is -1.87. The van der Waals surface area contributed by atoms with E-state index in [1.54, 1.807) is 107 Å². The standard InChI is InChI=1S/C59H69N7O15S2/c1-10-47(57(71)80-59(3,4)5)81-63-50(44-34-82-36(2)61-44)54(69)62-51-55(70)65-52(58(72)79-33-38-15-20-42(75-7)21-16-38)40(35-83(73)56(51)65)31-66(24-11-12-25-66)26-23-60-53(68)45-28-46(67)49(78-32-37-13-18-41(74-6)19-14-37)30-64(45)29-39-17-22-43(76-8)27-48(39)77-9/h13-22,27-28,30,34,47,51,56H,10-12,23-26,29,31-33,35H2,1-9H3,(H-,60,62,68,69)/p+1/b63-50-/t47-,51+,56+,83?/m0/s1. The molecule has 0 spiro atoms. The summed E-state index contributed by atoms with van der Waals surface area (Å²) in [6, 6.07) is 19.3. The fourth-order valence-electron chi connectivity index (χ4n) is 9.96. The van der Waals surface area contributed by atoms with E-state index in [9.17, 15) is 33.0 Å². The number of hydrogen-bond acceptors (Lipinski definition) is 18. The van der Waals surface area contributed by atoms with Crippen LogP contribution in [-0.4, -0.2) is 149 Å². The Hall–Kier alpha value is -8.09. The number of benzene rings is 3. The van der Waals surface area contributed by atoms with Crippen molar-refractivity contribution >= 4 is 57.5 Å². The first-order valence-electron chi connectivity index (χ1n) is 27.0. The van der Waals surface area contributed by atoms with Gasteiger partial charge in [0.1, 0.15) is 76.9 Å². The summed E-state index contributed by atoms with van der Waals surface area (Å²) < 4.78 is 55.7. The maximum Gasteiger partial charge on any atom is 0.355 e. The molecule has 3 aliphatic rings. The van der Waals surface area contributed by atoms with E-state index in [1.807, 2.05) is 18.2 Å². The van der Waals surface area contributed by atoms with Crippen molar-refractivity contribution in [3.8, 4) is 28.7 Å². The van der Waals surface area contributed by atoms with Crippen LogP contribution in [-0.2, 0) is 64.0 Å². The van der Waals surface area contributed by atoms with Gasteiger partial charge in [0.05, 0.1) is 88.9 Å². The maximum absolute atomic E-state index is 14.6. The average Bonchev–Trinajstić information content (AvgIpc) is 1.36. The van der Waals surface area contributed by atoms with Crippen LogP contribution in [0.5, 0.6) is 28.7 Å². The Morgan fingerprint density at radius 3 is 2.12 bits per heavy atom. The van der Waals surface area contributed by atoms with Crippen molar-refractivity contribution in [3.63, 3.8) is 0 Å². The van der Waals surface area contributed by atoms with Crippen LogP contribution in [0.3, 0.4) is 0 Å². The minimum Gasteiger partial charge on any atom is -0.497 e. The Bertz CT molecular complexity index is 3350. The second kappa shape index (κ2) is 26.9. The van der Waals surface area contributed by atoms with Crippen LogP contribution in [0.25, 0.3) is 0 Å². The first kappa shape index (κ1) is 61.0. The molecule has 0 bridgehead atoms. The zero-order valence-corrected chi connectivity index (χ0v) is 49.6. The summed E-state index contributed by atoms with van der Waals surface area (Å²) in [5, 5.41) is 10.8. The van der Waals surface area contributed by atoms with E-state index in [0.717, 1.165) is 23.3 Å². The fourth-order valence-corrected chi connectivity index (χ4v) is 12.2.